The van der Waals surface area contributed by atoms with Crippen LogP contribution in [0.2, 0.25) is 0 Å². The molecule has 2 saturated heterocycles. The van der Waals surface area contributed by atoms with Gasteiger partial charge >= 0.3 is 0 Å². The van der Waals surface area contributed by atoms with Crippen molar-refractivity contribution in [1.29, 1.82) is 0 Å². The Morgan fingerprint density at radius 3 is 2.58 bits per heavy atom. The lowest BCUT2D eigenvalue weighted by Gasteiger charge is -2.37. The van der Waals surface area contributed by atoms with Crippen LogP contribution >= 0.6 is 0 Å². The van der Waals surface area contributed by atoms with E-state index in [1.54, 1.807) is 4.90 Å². The van der Waals surface area contributed by atoms with E-state index in [-0.39, 0.29) is 5.91 Å². The monoisotopic (exact) mass is 267 g/mol. The Hall–Kier alpha value is -0.610. The number of rotatable bonds is 4. The number of carbonyl (C=O) groups is 1. The maximum Gasteiger partial charge on any atom is 0.222 e. The van der Waals surface area contributed by atoms with E-state index in [1.165, 1.54) is 45.4 Å². The largest absolute Gasteiger partial charge is 0.349 e. The molecule has 110 valence electrons. The number of amides is 1. The van der Waals surface area contributed by atoms with Gasteiger partial charge in [0.1, 0.15) is 0 Å². The fraction of sp³-hybridized carbons (Fsp3) is 0.933. The summed E-state index contributed by atoms with van der Waals surface area (Å²) in [5.41, 5.74) is 0.465. The van der Waals surface area contributed by atoms with Gasteiger partial charge in [-0.25, -0.2) is 0 Å². The van der Waals surface area contributed by atoms with Gasteiger partial charge in [0.25, 0.3) is 0 Å². The molecule has 0 bridgehead atoms. The van der Waals surface area contributed by atoms with Crippen molar-refractivity contribution >= 4 is 5.91 Å². The zero-order valence-corrected chi connectivity index (χ0v) is 12.7. The number of piperidine rings is 1. The first-order valence-corrected chi connectivity index (χ1v) is 7.62. The quantitative estimate of drug-likeness (QED) is 0.831. The van der Waals surface area contributed by atoms with Crippen molar-refractivity contribution < 1.29 is 4.79 Å². The number of hydrogen-bond acceptors (Lipinski definition) is 3. The molecule has 2 aliphatic rings. The topological polar surface area (TPSA) is 35.6 Å². The van der Waals surface area contributed by atoms with Crippen LogP contribution in [0.1, 0.15) is 32.6 Å². The molecule has 4 nitrogen and oxygen atoms in total. The predicted molar refractivity (Wildman–Crippen MR) is 78.1 cm³/mol. The van der Waals surface area contributed by atoms with Crippen LogP contribution in [0, 0.1) is 11.3 Å². The lowest BCUT2D eigenvalue weighted by Crippen LogP contribution is -2.42. The number of nitrogens with zero attached hydrogens (tertiary/aromatic N) is 2. The van der Waals surface area contributed by atoms with Gasteiger partial charge in [-0.3, -0.25) is 4.79 Å². The van der Waals surface area contributed by atoms with E-state index in [1.807, 2.05) is 14.1 Å². The molecule has 19 heavy (non-hydrogen) atoms. The third kappa shape index (κ3) is 4.18. The van der Waals surface area contributed by atoms with Crippen LogP contribution in [0.5, 0.6) is 0 Å². The molecule has 4 heteroatoms. The van der Waals surface area contributed by atoms with E-state index in [0.29, 0.717) is 11.3 Å². The van der Waals surface area contributed by atoms with Gasteiger partial charge in [0.2, 0.25) is 5.91 Å². The Morgan fingerprint density at radius 2 is 2.05 bits per heavy atom. The molecular weight excluding hydrogens is 238 g/mol. The third-order valence-electron chi connectivity index (χ3n) is 4.73. The highest BCUT2D eigenvalue weighted by Gasteiger charge is 2.32. The van der Waals surface area contributed by atoms with Crippen LogP contribution in [0.4, 0.5) is 0 Å². The molecule has 2 aliphatic heterocycles. The summed E-state index contributed by atoms with van der Waals surface area (Å²) in [7, 11) is 3.71. The Bertz CT molecular complexity index is 303. The SMILES string of the molecule is CN(C)C(=O)CC1CCN(CC2(C)CCNC2)CC1. The molecule has 0 aliphatic carbocycles. The van der Waals surface area contributed by atoms with Crippen molar-refractivity contribution in [2.75, 3.05) is 46.8 Å². The van der Waals surface area contributed by atoms with E-state index in [9.17, 15) is 4.79 Å². The zero-order valence-electron chi connectivity index (χ0n) is 12.7. The molecule has 0 spiro atoms. The Labute approximate surface area is 117 Å². The Morgan fingerprint density at radius 1 is 1.37 bits per heavy atom. The van der Waals surface area contributed by atoms with Gasteiger partial charge in [0, 0.05) is 33.6 Å². The van der Waals surface area contributed by atoms with Crippen LogP contribution in [-0.2, 0) is 4.79 Å². The molecule has 0 aromatic heterocycles. The summed E-state index contributed by atoms with van der Waals surface area (Å²) in [6.07, 6.45) is 4.40. The summed E-state index contributed by atoms with van der Waals surface area (Å²) in [6, 6.07) is 0. The summed E-state index contributed by atoms with van der Waals surface area (Å²) in [5, 5.41) is 3.47. The summed E-state index contributed by atoms with van der Waals surface area (Å²) in [5.74, 6) is 0.881. The van der Waals surface area contributed by atoms with Gasteiger partial charge in [-0.2, -0.15) is 0 Å². The van der Waals surface area contributed by atoms with E-state index in [0.717, 1.165) is 13.0 Å². The van der Waals surface area contributed by atoms with Gasteiger partial charge < -0.3 is 15.1 Å². The molecule has 0 aromatic rings. The first kappa shape index (κ1) is 14.8. The van der Waals surface area contributed by atoms with Crippen molar-refractivity contribution in [3.05, 3.63) is 0 Å². The number of carbonyl (C=O) groups excluding carboxylic acids is 1. The maximum absolute atomic E-state index is 11.7. The highest BCUT2D eigenvalue weighted by atomic mass is 16.2. The number of likely N-dealkylation sites (tertiary alicyclic amines) is 1. The van der Waals surface area contributed by atoms with Gasteiger partial charge in [0.05, 0.1) is 0 Å². The van der Waals surface area contributed by atoms with Crippen LogP contribution in [0.25, 0.3) is 0 Å². The normalized spacial score (nSPS) is 29.6. The Balaban J connectivity index is 1.72. The van der Waals surface area contributed by atoms with Crippen molar-refractivity contribution in [1.82, 2.24) is 15.1 Å². The molecule has 1 atom stereocenters. The summed E-state index contributed by atoms with van der Waals surface area (Å²) in [4.78, 5) is 16.0. The number of nitrogens with one attached hydrogen (secondary N) is 1. The molecule has 2 heterocycles. The van der Waals surface area contributed by atoms with E-state index in [2.05, 4.69) is 17.1 Å². The highest BCUT2D eigenvalue weighted by Crippen LogP contribution is 2.28. The average molecular weight is 267 g/mol. The minimum atomic E-state index is 0.283. The minimum Gasteiger partial charge on any atom is -0.349 e. The summed E-state index contributed by atoms with van der Waals surface area (Å²) in [6.45, 7) is 8.28. The molecule has 0 radical (unpaired) electrons. The molecule has 1 N–H and O–H groups in total. The molecule has 2 fully saturated rings. The summed E-state index contributed by atoms with van der Waals surface area (Å²) >= 11 is 0. The second kappa shape index (κ2) is 6.23. The fourth-order valence-electron chi connectivity index (χ4n) is 3.32. The first-order chi connectivity index (χ1) is 8.98. The summed E-state index contributed by atoms with van der Waals surface area (Å²) < 4.78 is 0. The smallest absolute Gasteiger partial charge is 0.222 e. The molecule has 0 saturated carbocycles. The molecular formula is C15H29N3O. The Kier molecular flexibility index (Phi) is 4.85. The van der Waals surface area contributed by atoms with E-state index >= 15 is 0 Å². The minimum absolute atomic E-state index is 0.283. The van der Waals surface area contributed by atoms with Crippen molar-refractivity contribution in [2.45, 2.75) is 32.6 Å². The second-order valence-corrected chi connectivity index (χ2v) is 6.95. The second-order valence-electron chi connectivity index (χ2n) is 6.95. The molecule has 0 aromatic carbocycles. The van der Waals surface area contributed by atoms with Crippen LogP contribution in [-0.4, -0.2) is 62.5 Å². The van der Waals surface area contributed by atoms with Crippen LogP contribution in [0.3, 0.4) is 0 Å². The highest BCUT2D eigenvalue weighted by molar-refractivity contribution is 5.75. The lowest BCUT2D eigenvalue weighted by atomic mass is 9.87. The molecule has 1 amide bonds. The molecule has 1 unspecified atom stereocenters. The first-order valence-electron chi connectivity index (χ1n) is 7.62. The van der Waals surface area contributed by atoms with E-state index in [4.69, 9.17) is 0 Å². The standard InChI is InChI=1S/C15H29N3O/c1-15(6-7-16-11-15)12-18-8-4-13(5-9-18)10-14(19)17(2)3/h13,16H,4-12H2,1-3H3. The average Bonchev–Trinajstić information content (AvgIpc) is 2.78. The molecule has 2 rings (SSSR count). The lowest BCUT2D eigenvalue weighted by molar-refractivity contribution is -0.130. The zero-order chi connectivity index (χ0) is 13.9. The van der Waals surface area contributed by atoms with Gasteiger partial charge in [-0.15, -0.1) is 0 Å². The number of hydrogen-bond donors (Lipinski definition) is 1. The van der Waals surface area contributed by atoms with Gasteiger partial charge in [-0.1, -0.05) is 6.92 Å². The van der Waals surface area contributed by atoms with Crippen molar-refractivity contribution in [3.8, 4) is 0 Å². The van der Waals surface area contributed by atoms with Crippen molar-refractivity contribution in [3.63, 3.8) is 0 Å². The van der Waals surface area contributed by atoms with Crippen LogP contribution < -0.4 is 5.32 Å². The van der Waals surface area contributed by atoms with Gasteiger partial charge in [0.15, 0.2) is 0 Å². The maximum atomic E-state index is 11.7. The third-order valence-corrected chi connectivity index (χ3v) is 4.73. The van der Waals surface area contributed by atoms with Crippen molar-refractivity contribution in [2.24, 2.45) is 11.3 Å². The van der Waals surface area contributed by atoms with Gasteiger partial charge in [-0.05, 0) is 50.2 Å². The van der Waals surface area contributed by atoms with E-state index < -0.39 is 0 Å². The predicted octanol–water partition coefficient (Wildman–Crippen LogP) is 1.18. The van der Waals surface area contributed by atoms with Crippen LogP contribution in [0.15, 0.2) is 0 Å². The fourth-order valence-corrected chi connectivity index (χ4v) is 3.32.